The molecule has 178 valence electrons. The Labute approximate surface area is 194 Å². The quantitative estimate of drug-likeness (QED) is 0.232. The SMILES string of the molecule is CC(C)OC(=O)C(C)NP1(=O)OC[C@H]2O[C@@H](n3cnc4c3NC(N)=NC4Cl)[C@](C)(Cl)[C@@H]2O1. The molecule has 7 atom stereocenters. The number of anilines is 1. The Hall–Kier alpha value is -1.40. The lowest BCUT2D eigenvalue weighted by Crippen LogP contribution is -2.47. The van der Waals surface area contributed by atoms with Crippen LogP contribution in [0.15, 0.2) is 11.3 Å². The van der Waals surface area contributed by atoms with E-state index in [1.165, 1.54) is 13.3 Å². The van der Waals surface area contributed by atoms with Gasteiger partial charge in [-0.25, -0.2) is 19.6 Å². The van der Waals surface area contributed by atoms with Crippen LogP contribution in [-0.4, -0.2) is 57.3 Å². The van der Waals surface area contributed by atoms with E-state index < -0.39 is 48.6 Å². The second kappa shape index (κ2) is 8.43. The second-order valence-corrected chi connectivity index (χ2v) is 11.1. The van der Waals surface area contributed by atoms with Gasteiger partial charge in [0.05, 0.1) is 19.0 Å². The third kappa shape index (κ3) is 4.25. The smallest absolute Gasteiger partial charge is 0.406 e. The molecule has 0 aromatic carbocycles. The van der Waals surface area contributed by atoms with Crippen molar-refractivity contribution in [2.75, 3.05) is 11.9 Å². The molecular weight excluding hydrogens is 486 g/mol. The van der Waals surface area contributed by atoms with Crippen molar-refractivity contribution in [2.24, 2.45) is 10.7 Å². The summed E-state index contributed by atoms with van der Waals surface area (Å²) in [6.45, 7) is 6.58. The van der Waals surface area contributed by atoms with Crippen molar-refractivity contribution in [3.8, 4) is 0 Å². The van der Waals surface area contributed by atoms with Crippen LogP contribution < -0.4 is 16.1 Å². The molecule has 12 nitrogen and oxygen atoms in total. The molecule has 0 spiro atoms. The molecule has 2 saturated heterocycles. The van der Waals surface area contributed by atoms with E-state index in [0.29, 0.717) is 11.5 Å². The number of aromatic nitrogens is 2. The average molecular weight is 511 g/mol. The molecule has 32 heavy (non-hydrogen) atoms. The van der Waals surface area contributed by atoms with Crippen molar-refractivity contribution >= 4 is 48.7 Å². The number of rotatable bonds is 5. The lowest BCUT2D eigenvalue weighted by molar-refractivity contribution is -0.149. The first-order valence-electron chi connectivity index (χ1n) is 9.98. The van der Waals surface area contributed by atoms with Gasteiger partial charge in [-0.05, 0) is 27.7 Å². The minimum atomic E-state index is -3.88. The van der Waals surface area contributed by atoms with Crippen molar-refractivity contribution in [1.29, 1.82) is 0 Å². The van der Waals surface area contributed by atoms with Crippen molar-refractivity contribution < 1.29 is 27.9 Å². The molecule has 3 aliphatic heterocycles. The Morgan fingerprint density at radius 3 is 2.91 bits per heavy atom. The number of imidazole rings is 1. The predicted octanol–water partition coefficient (Wildman–Crippen LogP) is 2.21. The van der Waals surface area contributed by atoms with Crippen LogP contribution in [-0.2, 0) is 27.9 Å². The maximum absolute atomic E-state index is 13.2. The summed E-state index contributed by atoms with van der Waals surface area (Å²) in [6.07, 6.45) is -1.04. The van der Waals surface area contributed by atoms with Crippen molar-refractivity contribution in [1.82, 2.24) is 14.6 Å². The summed E-state index contributed by atoms with van der Waals surface area (Å²) >= 11 is 13.1. The van der Waals surface area contributed by atoms with Gasteiger partial charge in [-0.15, -0.1) is 11.6 Å². The highest BCUT2D eigenvalue weighted by Crippen LogP contribution is 2.58. The lowest BCUT2D eigenvalue weighted by Gasteiger charge is -2.36. The summed E-state index contributed by atoms with van der Waals surface area (Å²) in [5.41, 5.74) is 5.51. The number of nitrogens with one attached hydrogen (secondary N) is 2. The molecule has 0 radical (unpaired) electrons. The van der Waals surface area contributed by atoms with E-state index in [2.05, 4.69) is 20.4 Å². The number of carbonyl (C=O) groups excluding carboxylic acids is 1. The number of hydrogen-bond acceptors (Lipinski definition) is 10. The Bertz CT molecular complexity index is 987. The highest BCUT2D eigenvalue weighted by Gasteiger charge is 2.60. The van der Waals surface area contributed by atoms with E-state index in [9.17, 15) is 9.36 Å². The van der Waals surface area contributed by atoms with Gasteiger partial charge in [-0.2, -0.15) is 0 Å². The third-order valence-corrected chi connectivity index (χ3v) is 7.60. The number of nitrogens with zero attached hydrogens (tertiary/aromatic N) is 3. The zero-order chi connectivity index (χ0) is 23.4. The first-order chi connectivity index (χ1) is 14.9. The highest BCUT2D eigenvalue weighted by atomic mass is 35.5. The van der Waals surface area contributed by atoms with Gasteiger partial charge >= 0.3 is 13.7 Å². The maximum Gasteiger partial charge on any atom is 0.406 e. The fourth-order valence-corrected chi connectivity index (χ4v) is 6.19. The Kier molecular flexibility index (Phi) is 6.25. The molecule has 2 fully saturated rings. The van der Waals surface area contributed by atoms with E-state index in [1.54, 1.807) is 25.3 Å². The first kappa shape index (κ1) is 23.7. The van der Waals surface area contributed by atoms with Gasteiger partial charge in [0, 0.05) is 0 Å². The molecule has 0 aliphatic carbocycles. The van der Waals surface area contributed by atoms with Crippen molar-refractivity contribution in [3.63, 3.8) is 0 Å². The molecule has 0 amide bonds. The van der Waals surface area contributed by atoms with E-state index in [-0.39, 0.29) is 18.7 Å². The number of halogens is 2. The number of ether oxygens (including phenoxy) is 2. The fourth-order valence-electron chi connectivity index (χ4n) is 3.75. The Morgan fingerprint density at radius 1 is 1.50 bits per heavy atom. The van der Waals surface area contributed by atoms with E-state index in [0.717, 1.165) is 0 Å². The van der Waals surface area contributed by atoms with Crippen LogP contribution in [0.25, 0.3) is 0 Å². The molecule has 0 bridgehead atoms. The topological polar surface area (TPSA) is 151 Å². The molecule has 0 saturated carbocycles. The van der Waals surface area contributed by atoms with Crippen LogP contribution in [0.1, 0.15) is 45.1 Å². The summed E-state index contributed by atoms with van der Waals surface area (Å²) < 4.78 is 37.3. The third-order valence-electron chi connectivity index (χ3n) is 5.20. The van der Waals surface area contributed by atoms with Crippen LogP contribution in [0.5, 0.6) is 0 Å². The molecule has 4 N–H and O–H groups in total. The normalized spacial score (nSPS) is 37.3. The summed E-state index contributed by atoms with van der Waals surface area (Å²) in [4.78, 5) is 19.2. The zero-order valence-corrected chi connectivity index (χ0v) is 20.2. The summed E-state index contributed by atoms with van der Waals surface area (Å²) in [5.74, 6) is 0.0338. The fraction of sp³-hybridized carbons (Fsp3) is 0.706. The van der Waals surface area contributed by atoms with Crippen molar-refractivity contribution in [3.05, 3.63) is 12.0 Å². The standard InChI is InChI=1S/C17H25Cl2N6O6P/c1-7(2)29-14(26)8(3)24-32(27)28-5-9-11(31-32)17(4,19)15(30-9)25-6-21-10-12(18)22-16(20)23-13(10)25/h6-9,11-12,15H,5H2,1-4H3,(H,24,27)(H3,20,22,23)/t8?,9-,11-,12?,15-,17-,32?/m1/s1. The van der Waals surface area contributed by atoms with Gasteiger partial charge in [-0.3, -0.25) is 18.4 Å². The highest BCUT2D eigenvalue weighted by molar-refractivity contribution is 7.51. The average Bonchev–Trinajstić information content (AvgIpc) is 3.19. The van der Waals surface area contributed by atoms with Crippen LogP contribution in [0.3, 0.4) is 0 Å². The van der Waals surface area contributed by atoms with Crippen LogP contribution in [0.2, 0.25) is 0 Å². The number of hydrogen-bond donors (Lipinski definition) is 3. The molecule has 4 rings (SSSR count). The molecule has 1 aromatic rings. The minimum absolute atomic E-state index is 0.0637. The van der Waals surface area contributed by atoms with E-state index in [4.69, 9.17) is 47.5 Å². The molecule has 1 aromatic heterocycles. The van der Waals surface area contributed by atoms with Crippen LogP contribution in [0, 0.1) is 0 Å². The van der Waals surface area contributed by atoms with Gasteiger partial charge in [-0.1, -0.05) is 11.6 Å². The predicted molar refractivity (Wildman–Crippen MR) is 116 cm³/mol. The molecule has 3 unspecified atom stereocenters. The number of carbonyl (C=O) groups is 1. The zero-order valence-electron chi connectivity index (χ0n) is 17.8. The largest absolute Gasteiger partial charge is 0.462 e. The van der Waals surface area contributed by atoms with Crippen LogP contribution in [0.4, 0.5) is 5.82 Å². The van der Waals surface area contributed by atoms with Crippen molar-refractivity contribution in [2.45, 2.75) is 68.7 Å². The number of nitrogens with two attached hydrogens (primary N) is 1. The van der Waals surface area contributed by atoms with E-state index in [1.807, 2.05) is 0 Å². The maximum atomic E-state index is 13.2. The number of aliphatic imine (C=N–C) groups is 1. The number of esters is 1. The Morgan fingerprint density at radius 2 is 2.22 bits per heavy atom. The van der Waals surface area contributed by atoms with Gasteiger partial charge < -0.3 is 20.5 Å². The Balaban J connectivity index is 1.53. The van der Waals surface area contributed by atoms with Gasteiger partial charge in [0.25, 0.3) is 0 Å². The van der Waals surface area contributed by atoms with E-state index >= 15 is 0 Å². The summed E-state index contributed by atoms with van der Waals surface area (Å²) in [5, 5.41) is 5.52. The van der Waals surface area contributed by atoms with Crippen LogP contribution >= 0.6 is 30.9 Å². The molecule has 4 heterocycles. The second-order valence-electron chi connectivity index (χ2n) is 8.19. The van der Waals surface area contributed by atoms with Gasteiger partial charge in [0.15, 0.2) is 17.7 Å². The summed E-state index contributed by atoms with van der Waals surface area (Å²) in [7, 11) is -3.88. The first-order valence-corrected chi connectivity index (χ1v) is 12.3. The number of alkyl halides is 2. The van der Waals surface area contributed by atoms with Gasteiger partial charge in [0.1, 0.15) is 34.6 Å². The molecular formula is C17H25Cl2N6O6P. The summed E-state index contributed by atoms with van der Waals surface area (Å²) in [6, 6.07) is -0.924. The number of guanidine groups is 1. The lowest BCUT2D eigenvalue weighted by atomic mass is 10.0. The molecule has 3 aliphatic rings. The van der Waals surface area contributed by atoms with Gasteiger partial charge in [0.2, 0.25) is 0 Å². The number of fused-ring (bicyclic) bond motifs is 2. The monoisotopic (exact) mass is 510 g/mol. The minimum Gasteiger partial charge on any atom is -0.462 e. The molecule has 15 heteroatoms.